The monoisotopic (exact) mass is 247 g/mol. The molecule has 0 spiro atoms. The smallest absolute Gasteiger partial charge is 0.0340 e. The molecule has 1 aliphatic heterocycles. The van der Waals surface area contributed by atoms with Gasteiger partial charge in [0.25, 0.3) is 0 Å². The molecule has 1 N–H and O–H groups in total. The molecule has 0 atom stereocenters. The van der Waals surface area contributed by atoms with Gasteiger partial charge in [0, 0.05) is 45.0 Å². The number of hydrogen-bond acceptors (Lipinski definition) is 3. The van der Waals surface area contributed by atoms with E-state index < -0.39 is 0 Å². The Bertz CT molecular complexity index is 318. The van der Waals surface area contributed by atoms with Gasteiger partial charge < -0.3 is 10.2 Å². The summed E-state index contributed by atoms with van der Waals surface area (Å²) in [6, 6.07) is 10.5. The van der Waals surface area contributed by atoms with Crippen molar-refractivity contribution in [3.05, 3.63) is 30.3 Å². The zero-order valence-corrected chi connectivity index (χ0v) is 11.4. The number of nitrogens with zero attached hydrogens (tertiary/aromatic N) is 2. The van der Waals surface area contributed by atoms with Crippen molar-refractivity contribution in [1.29, 1.82) is 0 Å². The van der Waals surface area contributed by atoms with Gasteiger partial charge in [-0.25, -0.2) is 0 Å². The predicted octanol–water partition coefficient (Wildman–Crippen LogP) is 2.13. The standard InChI is InChI=1S/C15H25N3/c1-2-9-17-11-13-18(14-12-17)10-8-16-15-6-4-3-5-7-15/h3-7,16H,2,8-14H2,1H3. The molecular formula is C15H25N3. The summed E-state index contributed by atoms with van der Waals surface area (Å²) in [6.45, 7) is 10.6. The van der Waals surface area contributed by atoms with Gasteiger partial charge in [-0.05, 0) is 25.1 Å². The van der Waals surface area contributed by atoms with Crippen LogP contribution in [0.3, 0.4) is 0 Å². The van der Waals surface area contributed by atoms with Gasteiger partial charge in [0.05, 0.1) is 0 Å². The Morgan fingerprint density at radius 2 is 1.56 bits per heavy atom. The molecule has 1 aromatic rings. The molecule has 0 bridgehead atoms. The van der Waals surface area contributed by atoms with Crippen molar-refractivity contribution in [3.8, 4) is 0 Å². The normalized spacial score (nSPS) is 17.8. The molecule has 0 aromatic heterocycles. The maximum absolute atomic E-state index is 3.47. The molecule has 1 heterocycles. The lowest BCUT2D eigenvalue weighted by Crippen LogP contribution is -2.47. The van der Waals surface area contributed by atoms with Gasteiger partial charge in [-0.2, -0.15) is 0 Å². The van der Waals surface area contributed by atoms with Gasteiger partial charge in [0.2, 0.25) is 0 Å². The maximum Gasteiger partial charge on any atom is 0.0340 e. The first-order valence-electron chi connectivity index (χ1n) is 7.12. The summed E-state index contributed by atoms with van der Waals surface area (Å²) in [5.74, 6) is 0. The van der Waals surface area contributed by atoms with Crippen LogP contribution in [0.15, 0.2) is 30.3 Å². The Balaban J connectivity index is 1.61. The second-order valence-electron chi connectivity index (χ2n) is 4.98. The third-order valence-electron chi connectivity index (χ3n) is 3.54. The van der Waals surface area contributed by atoms with E-state index in [1.54, 1.807) is 0 Å². The van der Waals surface area contributed by atoms with Crippen LogP contribution in [0.5, 0.6) is 0 Å². The summed E-state index contributed by atoms with van der Waals surface area (Å²) < 4.78 is 0. The molecule has 3 nitrogen and oxygen atoms in total. The first kappa shape index (κ1) is 13.4. The highest BCUT2D eigenvalue weighted by atomic mass is 15.3. The molecule has 0 unspecified atom stereocenters. The van der Waals surface area contributed by atoms with Crippen molar-refractivity contribution >= 4 is 5.69 Å². The summed E-state index contributed by atoms with van der Waals surface area (Å²) in [4.78, 5) is 5.13. The summed E-state index contributed by atoms with van der Waals surface area (Å²) in [6.07, 6.45) is 1.27. The van der Waals surface area contributed by atoms with Crippen LogP contribution in [-0.4, -0.2) is 55.6 Å². The first-order chi connectivity index (χ1) is 8.88. The summed E-state index contributed by atoms with van der Waals surface area (Å²) in [5.41, 5.74) is 1.22. The molecule has 1 saturated heterocycles. The number of piperazine rings is 1. The maximum atomic E-state index is 3.47. The highest BCUT2D eigenvalue weighted by molar-refractivity contribution is 5.42. The van der Waals surface area contributed by atoms with Gasteiger partial charge >= 0.3 is 0 Å². The number of nitrogens with one attached hydrogen (secondary N) is 1. The summed E-state index contributed by atoms with van der Waals surface area (Å²) >= 11 is 0. The van der Waals surface area contributed by atoms with Crippen molar-refractivity contribution in [2.75, 3.05) is 51.1 Å². The van der Waals surface area contributed by atoms with E-state index in [1.807, 2.05) is 0 Å². The number of anilines is 1. The van der Waals surface area contributed by atoms with Crippen LogP contribution in [0.25, 0.3) is 0 Å². The van der Waals surface area contributed by atoms with E-state index in [0.29, 0.717) is 0 Å². The van der Waals surface area contributed by atoms with Crippen molar-refractivity contribution in [2.45, 2.75) is 13.3 Å². The largest absolute Gasteiger partial charge is 0.384 e. The molecular weight excluding hydrogens is 222 g/mol. The van der Waals surface area contributed by atoms with Crippen molar-refractivity contribution in [1.82, 2.24) is 9.80 Å². The quantitative estimate of drug-likeness (QED) is 0.831. The first-order valence-corrected chi connectivity index (χ1v) is 7.12. The molecule has 100 valence electrons. The van der Waals surface area contributed by atoms with Crippen LogP contribution in [0, 0.1) is 0 Å². The molecule has 3 heteroatoms. The molecule has 0 amide bonds. The minimum atomic E-state index is 1.04. The predicted molar refractivity (Wildman–Crippen MR) is 78.1 cm³/mol. The highest BCUT2D eigenvalue weighted by Gasteiger charge is 2.15. The van der Waals surface area contributed by atoms with Crippen LogP contribution in [0.1, 0.15) is 13.3 Å². The van der Waals surface area contributed by atoms with Gasteiger partial charge in [0.1, 0.15) is 0 Å². The molecule has 1 fully saturated rings. The number of hydrogen-bond donors (Lipinski definition) is 1. The van der Waals surface area contributed by atoms with Gasteiger partial charge in [-0.15, -0.1) is 0 Å². The van der Waals surface area contributed by atoms with E-state index in [9.17, 15) is 0 Å². The van der Waals surface area contributed by atoms with Gasteiger partial charge in [-0.1, -0.05) is 25.1 Å². The van der Waals surface area contributed by atoms with E-state index in [1.165, 1.54) is 44.8 Å². The topological polar surface area (TPSA) is 18.5 Å². The van der Waals surface area contributed by atoms with Crippen LogP contribution < -0.4 is 5.32 Å². The lowest BCUT2D eigenvalue weighted by atomic mass is 10.3. The van der Waals surface area contributed by atoms with E-state index in [-0.39, 0.29) is 0 Å². The second kappa shape index (κ2) is 7.39. The van der Waals surface area contributed by atoms with Gasteiger partial charge in [-0.3, -0.25) is 4.90 Å². The molecule has 18 heavy (non-hydrogen) atoms. The average molecular weight is 247 g/mol. The average Bonchev–Trinajstić information content (AvgIpc) is 2.42. The zero-order chi connectivity index (χ0) is 12.6. The Morgan fingerprint density at radius 3 is 2.17 bits per heavy atom. The molecule has 2 rings (SSSR count). The lowest BCUT2D eigenvalue weighted by Gasteiger charge is -2.34. The number of benzene rings is 1. The van der Waals surface area contributed by atoms with Crippen LogP contribution in [0.2, 0.25) is 0 Å². The van der Waals surface area contributed by atoms with E-state index in [2.05, 4.69) is 52.4 Å². The number of para-hydroxylation sites is 1. The van der Waals surface area contributed by atoms with Crippen LogP contribution in [-0.2, 0) is 0 Å². The Hall–Kier alpha value is -1.06. The van der Waals surface area contributed by atoms with Crippen LogP contribution >= 0.6 is 0 Å². The fraction of sp³-hybridized carbons (Fsp3) is 0.600. The minimum absolute atomic E-state index is 1.04. The van der Waals surface area contributed by atoms with E-state index in [0.717, 1.165) is 13.1 Å². The molecule has 0 radical (unpaired) electrons. The number of rotatable bonds is 6. The second-order valence-corrected chi connectivity index (χ2v) is 4.98. The summed E-state index contributed by atoms with van der Waals surface area (Å²) in [5, 5.41) is 3.47. The van der Waals surface area contributed by atoms with Crippen molar-refractivity contribution in [2.24, 2.45) is 0 Å². The Kier molecular flexibility index (Phi) is 5.49. The van der Waals surface area contributed by atoms with E-state index >= 15 is 0 Å². The molecule has 1 aromatic carbocycles. The third kappa shape index (κ3) is 4.31. The fourth-order valence-corrected chi connectivity index (χ4v) is 2.47. The lowest BCUT2D eigenvalue weighted by molar-refractivity contribution is 0.136. The minimum Gasteiger partial charge on any atom is -0.384 e. The molecule has 0 aliphatic carbocycles. The fourth-order valence-electron chi connectivity index (χ4n) is 2.47. The Labute approximate surface area is 111 Å². The third-order valence-corrected chi connectivity index (χ3v) is 3.54. The van der Waals surface area contributed by atoms with Gasteiger partial charge in [0.15, 0.2) is 0 Å². The van der Waals surface area contributed by atoms with E-state index in [4.69, 9.17) is 0 Å². The highest BCUT2D eigenvalue weighted by Crippen LogP contribution is 2.05. The molecule has 0 saturated carbocycles. The Morgan fingerprint density at radius 1 is 0.944 bits per heavy atom. The van der Waals surface area contributed by atoms with Crippen molar-refractivity contribution < 1.29 is 0 Å². The SMILES string of the molecule is CCCN1CCN(CCNc2ccccc2)CC1. The van der Waals surface area contributed by atoms with Crippen molar-refractivity contribution in [3.63, 3.8) is 0 Å². The summed E-state index contributed by atoms with van der Waals surface area (Å²) in [7, 11) is 0. The molecule has 1 aliphatic rings. The van der Waals surface area contributed by atoms with Crippen LogP contribution in [0.4, 0.5) is 5.69 Å². The zero-order valence-electron chi connectivity index (χ0n) is 11.4.